The van der Waals surface area contributed by atoms with Crippen LogP contribution in [0.25, 0.3) is 11.0 Å². The summed E-state index contributed by atoms with van der Waals surface area (Å²) >= 11 is 0. The Bertz CT molecular complexity index is 665. The molecule has 0 spiro atoms. The lowest BCUT2D eigenvalue weighted by atomic mass is 10.2. The number of aryl methyl sites for hydroxylation is 2. The molecule has 5 heteroatoms. The fraction of sp³-hybridized carbons (Fsp3) is 0.500. The van der Waals surface area contributed by atoms with Crippen LogP contribution in [0.3, 0.4) is 0 Å². The Balaban J connectivity index is 1.73. The van der Waals surface area contributed by atoms with E-state index in [9.17, 15) is 0 Å². The van der Waals surface area contributed by atoms with Gasteiger partial charge in [-0.25, -0.2) is 9.98 Å². The largest absolute Gasteiger partial charge is 0.370 e. The zero-order valence-corrected chi connectivity index (χ0v) is 12.8. The number of rotatable bonds is 3. The highest BCUT2D eigenvalue weighted by Crippen LogP contribution is 2.18. The molecule has 1 fully saturated rings. The number of guanidine groups is 1. The number of aromatic nitrogens is 2. The van der Waals surface area contributed by atoms with E-state index in [0.717, 1.165) is 16.9 Å². The maximum Gasteiger partial charge on any atom is 0.189 e. The molecule has 0 atom stereocenters. The number of imidazole rings is 1. The van der Waals surface area contributed by atoms with Crippen LogP contribution in [-0.4, -0.2) is 21.6 Å². The molecule has 1 heterocycles. The molecule has 3 N–H and O–H groups in total. The molecule has 1 aromatic heterocycles. The van der Waals surface area contributed by atoms with Crippen molar-refractivity contribution in [2.75, 3.05) is 0 Å². The van der Waals surface area contributed by atoms with Gasteiger partial charge in [0.15, 0.2) is 5.96 Å². The molecule has 1 saturated carbocycles. The monoisotopic (exact) mass is 285 g/mol. The molecular formula is C16H23N5. The van der Waals surface area contributed by atoms with Crippen molar-refractivity contribution in [1.82, 2.24) is 14.9 Å². The Morgan fingerprint density at radius 2 is 2.19 bits per heavy atom. The quantitative estimate of drug-likeness (QED) is 0.671. The highest BCUT2D eigenvalue weighted by atomic mass is 15.1. The zero-order valence-electron chi connectivity index (χ0n) is 12.8. The Morgan fingerprint density at radius 3 is 2.95 bits per heavy atom. The van der Waals surface area contributed by atoms with Crippen LogP contribution in [0.2, 0.25) is 0 Å². The molecule has 0 unspecified atom stereocenters. The Kier molecular flexibility index (Phi) is 3.82. The third-order valence-corrected chi connectivity index (χ3v) is 4.23. The van der Waals surface area contributed by atoms with Crippen molar-refractivity contribution < 1.29 is 0 Å². The Hall–Kier alpha value is -2.04. The summed E-state index contributed by atoms with van der Waals surface area (Å²) in [6.07, 6.45) is 4.97. The van der Waals surface area contributed by atoms with Gasteiger partial charge in [0.05, 0.1) is 11.0 Å². The van der Waals surface area contributed by atoms with E-state index in [1.54, 1.807) is 0 Å². The molecule has 1 aliphatic rings. The van der Waals surface area contributed by atoms with Crippen molar-refractivity contribution in [3.63, 3.8) is 0 Å². The van der Waals surface area contributed by atoms with Gasteiger partial charge in [0, 0.05) is 13.1 Å². The second kappa shape index (κ2) is 5.76. The molecule has 0 amide bonds. The summed E-state index contributed by atoms with van der Waals surface area (Å²) in [5.74, 6) is 1.47. The minimum Gasteiger partial charge on any atom is -0.370 e. The van der Waals surface area contributed by atoms with E-state index in [0.29, 0.717) is 18.5 Å². The lowest BCUT2D eigenvalue weighted by Gasteiger charge is -2.12. The molecule has 5 nitrogen and oxygen atoms in total. The second-order valence-corrected chi connectivity index (χ2v) is 5.91. The summed E-state index contributed by atoms with van der Waals surface area (Å²) in [4.78, 5) is 9.09. The van der Waals surface area contributed by atoms with E-state index in [-0.39, 0.29) is 0 Å². The molecular weight excluding hydrogens is 262 g/mol. The molecule has 21 heavy (non-hydrogen) atoms. The molecule has 112 valence electrons. The fourth-order valence-electron chi connectivity index (χ4n) is 2.98. The molecule has 1 aliphatic carbocycles. The van der Waals surface area contributed by atoms with Gasteiger partial charge in [-0.15, -0.1) is 0 Å². The van der Waals surface area contributed by atoms with Gasteiger partial charge in [-0.2, -0.15) is 0 Å². The van der Waals surface area contributed by atoms with Gasteiger partial charge in [-0.1, -0.05) is 18.9 Å². The van der Waals surface area contributed by atoms with Crippen LogP contribution in [0.15, 0.2) is 23.2 Å². The van der Waals surface area contributed by atoms with Gasteiger partial charge in [0.25, 0.3) is 0 Å². The number of nitrogens with two attached hydrogens (primary N) is 1. The van der Waals surface area contributed by atoms with Crippen LogP contribution in [0.1, 0.15) is 37.1 Å². The van der Waals surface area contributed by atoms with E-state index in [4.69, 9.17) is 5.73 Å². The summed E-state index contributed by atoms with van der Waals surface area (Å²) in [6, 6.07) is 6.80. The minimum atomic E-state index is 0.497. The van der Waals surface area contributed by atoms with Gasteiger partial charge in [-0.05, 0) is 37.5 Å². The van der Waals surface area contributed by atoms with E-state index in [1.165, 1.54) is 31.2 Å². The van der Waals surface area contributed by atoms with Crippen LogP contribution in [0, 0.1) is 6.92 Å². The predicted octanol–water partition coefficient (Wildman–Crippen LogP) is 2.23. The maximum atomic E-state index is 5.97. The number of benzene rings is 1. The lowest BCUT2D eigenvalue weighted by molar-refractivity contribution is 0.624. The SMILES string of the molecule is Cc1ccc2c(c1)nc(CN=C(N)NC1CCCC1)n2C. The van der Waals surface area contributed by atoms with Crippen LogP contribution in [-0.2, 0) is 13.6 Å². The van der Waals surface area contributed by atoms with Crippen LogP contribution in [0.5, 0.6) is 0 Å². The first-order chi connectivity index (χ1) is 10.1. The van der Waals surface area contributed by atoms with E-state index < -0.39 is 0 Å². The average Bonchev–Trinajstić information content (AvgIpc) is 3.05. The number of aliphatic imine (C=N–C) groups is 1. The third-order valence-electron chi connectivity index (χ3n) is 4.23. The first-order valence-corrected chi connectivity index (χ1v) is 7.62. The third kappa shape index (κ3) is 3.01. The van der Waals surface area contributed by atoms with Crippen LogP contribution >= 0.6 is 0 Å². The van der Waals surface area contributed by atoms with Crippen LogP contribution < -0.4 is 11.1 Å². The highest BCUT2D eigenvalue weighted by molar-refractivity contribution is 5.79. The van der Waals surface area contributed by atoms with E-state index in [1.807, 2.05) is 7.05 Å². The standard InChI is InChI=1S/C16H23N5/c1-11-7-8-14-13(9-11)20-15(21(14)2)10-18-16(17)19-12-5-3-4-6-12/h7-9,12H,3-6,10H2,1-2H3,(H3,17,18,19). The number of nitrogens with zero attached hydrogens (tertiary/aromatic N) is 3. The number of fused-ring (bicyclic) bond motifs is 1. The van der Waals surface area contributed by atoms with Crippen molar-refractivity contribution in [3.8, 4) is 0 Å². The number of hydrogen-bond acceptors (Lipinski definition) is 2. The first kappa shape index (κ1) is 13.9. The van der Waals surface area contributed by atoms with E-state index >= 15 is 0 Å². The van der Waals surface area contributed by atoms with Crippen molar-refractivity contribution in [2.24, 2.45) is 17.8 Å². The summed E-state index contributed by atoms with van der Waals surface area (Å²) < 4.78 is 2.08. The van der Waals surface area contributed by atoms with E-state index in [2.05, 4.69) is 45.0 Å². The molecule has 0 saturated heterocycles. The van der Waals surface area contributed by atoms with Gasteiger partial charge in [0.2, 0.25) is 0 Å². The smallest absolute Gasteiger partial charge is 0.189 e. The second-order valence-electron chi connectivity index (χ2n) is 5.91. The summed E-state index contributed by atoms with van der Waals surface area (Å²) in [5, 5.41) is 3.30. The van der Waals surface area contributed by atoms with Gasteiger partial charge < -0.3 is 15.6 Å². The summed E-state index contributed by atoms with van der Waals surface area (Å²) in [5.41, 5.74) is 9.34. The Labute approximate surface area is 125 Å². The van der Waals surface area contributed by atoms with Gasteiger partial charge >= 0.3 is 0 Å². The van der Waals surface area contributed by atoms with Crippen molar-refractivity contribution in [3.05, 3.63) is 29.6 Å². The number of nitrogens with one attached hydrogen (secondary N) is 1. The van der Waals surface area contributed by atoms with Gasteiger partial charge in [0.1, 0.15) is 12.4 Å². The van der Waals surface area contributed by atoms with Crippen LogP contribution in [0.4, 0.5) is 0 Å². The molecule has 3 rings (SSSR count). The number of hydrogen-bond donors (Lipinski definition) is 2. The molecule has 2 aromatic rings. The lowest BCUT2D eigenvalue weighted by Crippen LogP contribution is -2.38. The highest BCUT2D eigenvalue weighted by Gasteiger charge is 2.15. The average molecular weight is 285 g/mol. The maximum absolute atomic E-state index is 5.97. The zero-order chi connectivity index (χ0) is 14.8. The normalized spacial score (nSPS) is 16.8. The van der Waals surface area contributed by atoms with Crippen molar-refractivity contribution in [1.29, 1.82) is 0 Å². The minimum absolute atomic E-state index is 0.497. The summed E-state index contributed by atoms with van der Waals surface area (Å²) in [6.45, 7) is 2.59. The summed E-state index contributed by atoms with van der Waals surface area (Å²) in [7, 11) is 2.02. The van der Waals surface area contributed by atoms with Gasteiger partial charge in [-0.3, -0.25) is 0 Å². The Morgan fingerprint density at radius 1 is 1.43 bits per heavy atom. The van der Waals surface area contributed by atoms with Crippen molar-refractivity contribution >= 4 is 17.0 Å². The molecule has 0 aliphatic heterocycles. The molecule has 0 bridgehead atoms. The fourth-order valence-corrected chi connectivity index (χ4v) is 2.98. The first-order valence-electron chi connectivity index (χ1n) is 7.62. The molecule has 0 radical (unpaired) electrons. The molecule has 1 aromatic carbocycles. The topological polar surface area (TPSA) is 68.2 Å². The predicted molar refractivity (Wildman–Crippen MR) is 86.2 cm³/mol. The van der Waals surface area contributed by atoms with Crippen molar-refractivity contribution in [2.45, 2.75) is 45.2 Å².